The Morgan fingerprint density at radius 3 is 2.43 bits per heavy atom. The molecule has 0 fully saturated rings. The zero-order valence-corrected chi connectivity index (χ0v) is 15.2. The Morgan fingerprint density at radius 2 is 1.64 bits per heavy atom. The predicted molar refractivity (Wildman–Crippen MR) is 108 cm³/mol. The van der Waals surface area contributed by atoms with Gasteiger partial charge in [0.25, 0.3) is 5.56 Å². The second kappa shape index (κ2) is 7.37. The highest BCUT2D eigenvalue weighted by Crippen LogP contribution is 2.21. The van der Waals surface area contributed by atoms with Gasteiger partial charge in [-0.2, -0.15) is 0 Å². The topological polar surface area (TPSA) is 34.9 Å². The SMILES string of the molecule is O=c1c2ccccc2nc(C=Cc2ccccc2F)n1-c1ccc(F)c(Cl)c1. The summed E-state index contributed by atoms with van der Waals surface area (Å²) in [6, 6.07) is 17.2. The molecule has 1 heterocycles. The van der Waals surface area contributed by atoms with Gasteiger partial charge in [0.15, 0.2) is 0 Å². The van der Waals surface area contributed by atoms with Crippen LogP contribution in [0, 0.1) is 11.6 Å². The first-order chi connectivity index (χ1) is 13.5. The molecule has 0 amide bonds. The average Bonchev–Trinajstić information content (AvgIpc) is 2.70. The van der Waals surface area contributed by atoms with Crippen LogP contribution in [-0.4, -0.2) is 9.55 Å². The summed E-state index contributed by atoms with van der Waals surface area (Å²) >= 11 is 5.90. The number of hydrogen-bond acceptors (Lipinski definition) is 2. The molecular weight excluding hydrogens is 382 g/mol. The molecule has 0 atom stereocenters. The highest BCUT2D eigenvalue weighted by Gasteiger charge is 2.12. The van der Waals surface area contributed by atoms with Crippen LogP contribution >= 0.6 is 11.6 Å². The highest BCUT2D eigenvalue weighted by atomic mass is 35.5. The molecule has 0 bridgehead atoms. The van der Waals surface area contributed by atoms with E-state index in [-0.39, 0.29) is 16.4 Å². The van der Waals surface area contributed by atoms with Gasteiger partial charge in [0, 0.05) is 5.56 Å². The van der Waals surface area contributed by atoms with E-state index in [1.165, 1.54) is 34.9 Å². The normalized spacial score (nSPS) is 11.4. The molecule has 4 aromatic rings. The minimum absolute atomic E-state index is 0.110. The van der Waals surface area contributed by atoms with Crippen LogP contribution in [0.5, 0.6) is 0 Å². The third-order valence-electron chi connectivity index (χ3n) is 4.28. The van der Waals surface area contributed by atoms with Crippen molar-refractivity contribution < 1.29 is 8.78 Å². The van der Waals surface area contributed by atoms with Crippen LogP contribution in [0.15, 0.2) is 71.5 Å². The lowest BCUT2D eigenvalue weighted by Gasteiger charge is -2.12. The van der Waals surface area contributed by atoms with Gasteiger partial charge < -0.3 is 0 Å². The monoisotopic (exact) mass is 394 g/mol. The van der Waals surface area contributed by atoms with Crippen LogP contribution in [0.2, 0.25) is 5.02 Å². The molecule has 138 valence electrons. The van der Waals surface area contributed by atoms with Crippen molar-refractivity contribution in [1.82, 2.24) is 9.55 Å². The Hall–Kier alpha value is -3.31. The molecule has 0 radical (unpaired) electrons. The Kier molecular flexibility index (Phi) is 4.75. The van der Waals surface area contributed by atoms with Crippen LogP contribution in [0.1, 0.15) is 11.4 Å². The van der Waals surface area contributed by atoms with E-state index in [0.29, 0.717) is 22.2 Å². The molecule has 0 saturated carbocycles. The summed E-state index contributed by atoms with van der Waals surface area (Å²) in [6.07, 6.45) is 3.08. The van der Waals surface area contributed by atoms with Gasteiger partial charge in [-0.05, 0) is 48.6 Å². The molecule has 3 nitrogen and oxygen atoms in total. The maximum atomic E-state index is 13.9. The van der Waals surface area contributed by atoms with Gasteiger partial charge in [0.05, 0.1) is 21.6 Å². The number of rotatable bonds is 3. The molecule has 0 aliphatic rings. The Bertz CT molecular complexity index is 1280. The van der Waals surface area contributed by atoms with Crippen LogP contribution in [0.4, 0.5) is 8.78 Å². The van der Waals surface area contributed by atoms with Crippen LogP contribution < -0.4 is 5.56 Å². The first kappa shape index (κ1) is 18.1. The maximum absolute atomic E-state index is 13.9. The molecule has 0 unspecified atom stereocenters. The number of halogens is 3. The van der Waals surface area contributed by atoms with Crippen molar-refractivity contribution >= 4 is 34.7 Å². The molecule has 0 aliphatic heterocycles. The summed E-state index contributed by atoms with van der Waals surface area (Å²) in [5, 5.41) is 0.299. The van der Waals surface area contributed by atoms with Gasteiger partial charge in [-0.3, -0.25) is 9.36 Å². The summed E-state index contributed by atoms with van der Waals surface area (Å²) in [7, 11) is 0. The Balaban J connectivity index is 1.97. The number of fused-ring (bicyclic) bond motifs is 1. The third kappa shape index (κ3) is 3.32. The van der Waals surface area contributed by atoms with E-state index in [9.17, 15) is 13.6 Å². The summed E-state index contributed by atoms with van der Waals surface area (Å²) in [5.41, 5.74) is 0.892. The predicted octanol–water partition coefficient (Wildman–Crippen LogP) is 5.49. The molecule has 4 rings (SSSR count). The number of aromatic nitrogens is 2. The van der Waals surface area contributed by atoms with Crippen LogP contribution in [-0.2, 0) is 0 Å². The molecule has 0 N–H and O–H groups in total. The standard InChI is InChI=1S/C22H13ClF2N2O/c23-17-13-15(10-11-19(17)25)27-21(12-9-14-5-1-3-7-18(14)24)26-20-8-4-2-6-16(20)22(27)28/h1-13H. The fourth-order valence-electron chi connectivity index (χ4n) is 2.91. The van der Waals surface area contributed by atoms with Gasteiger partial charge >= 0.3 is 0 Å². The molecular formula is C22H13ClF2N2O. The molecule has 3 aromatic carbocycles. The summed E-state index contributed by atoms with van der Waals surface area (Å²) in [4.78, 5) is 17.6. The summed E-state index contributed by atoms with van der Waals surface area (Å²) in [5.74, 6) is -0.705. The lowest BCUT2D eigenvalue weighted by Crippen LogP contribution is -2.22. The minimum atomic E-state index is -0.587. The minimum Gasteiger partial charge on any atom is -0.268 e. The average molecular weight is 395 g/mol. The molecule has 0 spiro atoms. The van der Waals surface area contributed by atoms with E-state index >= 15 is 0 Å². The van der Waals surface area contributed by atoms with E-state index < -0.39 is 11.6 Å². The Morgan fingerprint density at radius 1 is 0.893 bits per heavy atom. The number of nitrogens with zero attached hydrogens (tertiary/aromatic N) is 2. The van der Waals surface area contributed by atoms with Crippen LogP contribution in [0.25, 0.3) is 28.7 Å². The first-order valence-corrected chi connectivity index (χ1v) is 8.82. The number of benzene rings is 3. The van der Waals surface area contributed by atoms with Crippen molar-refractivity contribution in [2.75, 3.05) is 0 Å². The zero-order valence-electron chi connectivity index (χ0n) is 14.4. The third-order valence-corrected chi connectivity index (χ3v) is 4.57. The lowest BCUT2D eigenvalue weighted by molar-refractivity contribution is 0.625. The zero-order chi connectivity index (χ0) is 19.7. The quantitative estimate of drug-likeness (QED) is 0.460. The van der Waals surface area contributed by atoms with Gasteiger partial charge in [0.2, 0.25) is 0 Å². The van der Waals surface area contributed by atoms with Gasteiger partial charge in [-0.1, -0.05) is 41.9 Å². The fraction of sp³-hybridized carbons (Fsp3) is 0. The molecule has 0 aliphatic carbocycles. The summed E-state index contributed by atoms with van der Waals surface area (Å²) < 4.78 is 28.9. The van der Waals surface area contributed by atoms with E-state index in [1.54, 1.807) is 48.5 Å². The lowest BCUT2D eigenvalue weighted by atomic mass is 10.2. The van der Waals surface area contributed by atoms with Crippen molar-refractivity contribution in [3.8, 4) is 5.69 Å². The fourth-order valence-corrected chi connectivity index (χ4v) is 3.08. The first-order valence-electron chi connectivity index (χ1n) is 8.44. The van der Waals surface area contributed by atoms with E-state index in [4.69, 9.17) is 11.6 Å². The van der Waals surface area contributed by atoms with Crippen molar-refractivity contribution in [3.05, 3.63) is 105 Å². The largest absolute Gasteiger partial charge is 0.268 e. The second-order valence-corrected chi connectivity index (χ2v) is 6.49. The highest BCUT2D eigenvalue weighted by molar-refractivity contribution is 6.30. The van der Waals surface area contributed by atoms with Crippen molar-refractivity contribution in [2.45, 2.75) is 0 Å². The van der Waals surface area contributed by atoms with Crippen molar-refractivity contribution in [1.29, 1.82) is 0 Å². The van der Waals surface area contributed by atoms with Crippen LogP contribution in [0.3, 0.4) is 0 Å². The molecule has 1 aromatic heterocycles. The number of para-hydroxylation sites is 1. The molecule has 28 heavy (non-hydrogen) atoms. The van der Waals surface area contributed by atoms with Gasteiger partial charge in [-0.25, -0.2) is 13.8 Å². The van der Waals surface area contributed by atoms with E-state index in [0.717, 1.165) is 0 Å². The van der Waals surface area contributed by atoms with Crippen molar-refractivity contribution in [2.24, 2.45) is 0 Å². The summed E-state index contributed by atoms with van der Waals surface area (Å²) in [6.45, 7) is 0. The Labute approximate surface area is 164 Å². The maximum Gasteiger partial charge on any atom is 0.266 e. The molecule has 6 heteroatoms. The van der Waals surface area contributed by atoms with E-state index in [1.807, 2.05) is 0 Å². The second-order valence-electron chi connectivity index (χ2n) is 6.08. The van der Waals surface area contributed by atoms with E-state index in [2.05, 4.69) is 4.98 Å². The van der Waals surface area contributed by atoms with Gasteiger partial charge in [-0.15, -0.1) is 0 Å². The van der Waals surface area contributed by atoms with Crippen molar-refractivity contribution in [3.63, 3.8) is 0 Å². The number of hydrogen-bond donors (Lipinski definition) is 0. The molecule has 0 saturated heterocycles. The van der Waals surface area contributed by atoms with Gasteiger partial charge in [0.1, 0.15) is 17.5 Å². The smallest absolute Gasteiger partial charge is 0.266 e.